The van der Waals surface area contributed by atoms with Crippen LogP contribution in [-0.4, -0.2) is 18.7 Å². The number of carbonyl (C=O) groups excluding carboxylic acids is 1. The monoisotopic (exact) mass is 531 g/mol. The third kappa shape index (κ3) is 4.52. The molecule has 0 aliphatic carbocycles. The van der Waals surface area contributed by atoms with Gasteiger partial charge < -0.3 is 4.74 Å². The van der Waals surface area contributed by atoms with Crippen LogP contribution in [0.5, 0.6) is 5.75 Å². The summed E-state index contributed by atoms with van der Waals surface area (Å²) in [6.07, 6.45) is -5.32. The summed E-state index contributed by atoms with van der Waals surface area (Å²) in [6.45, 7) is 3.29. The van der Waals surface area contributed by atoms with Gasteiger partial charge in [0.15, 0.2) is 17.8 Å². The molecule has 1 aliphatic rings. The maximum atomic E-state index is 13.5. The molecule has 0 saturated heterocycles. The number of alkyl halides is 3. The minimum absolute atomic E-state index is 0.0203. The average Bonchev–Trinajstić information content (AvgIpc) is 3.20. The van der Waals surface area contributed by atoms with E-state index in [2.05, 4.69) is 21.0 Å². The Bertz CT molecular complexity index is 1260. The summed E-state index contributed by atoms with van der Waals surface area (Å²) in [5.41, 5.74) is 1.69. The largest absolute Gasteiger partial charge is 0.496 e. The van der Waals surface area contributed by atoms with Crippen LogP contribution in [0, 0.1) is 6.92 Å². The number of ether oxygens (including phenoxy) is 1. The number of Topliss-reactive ketones (excluding diaryl/α,β-unsaturated/α-hetero) is 1. The zero-order valence-corrected chi connectivity index (χ0v) is 20.2. The fourth-order valence-electron chi connectivity index (χ4n) is 3.84. The summed E-state index contributed by atoms with van der Waals surface area (Å²) in [5.74, 6) is 0.139. The Kier molecular flexibility index (Phi) is 6.40. The molecule has 0 spiro atoms. The van der Waals surface area contributed by atoms with E-state index in [1.165, 1.54) is 31.1 Å². The Balaban J connectivity index is 1.97. The van der Waals surface area contributed by atoms with Gasteiger partial charge in [0.1, 0.15) is 5.75 Å². The van der Waals surface area contributed by atoms with Crippen molar-refractivity contribution in [1.29, 1.82) is 0 Å². The molecule has 0 N–H and O–H groups in total. The number of nitrogens with zero attached hydrogens (tertiary/aromatic N) is 3. The molecule has 34 heavy (non-hydrogen) atoms. The van der Waals surface area contributed by atoms with E-state index in [1.54, 1.807) is 17.1 Å². The van der Waals surface area contributed by atoms with Crippen molar-refractivity contribution in [3.8, 4) is 5.75 Å². The number of halogens is 4. The number of aryl methyl sites for hydroxylation is 1. The SMILES string of the molecule is COc1ccc(Br)cc1[C@H]1N(c2ccc(C)cc2)N=C(C(C)=O)N1c1cccc(C(F)(F)F)c1. The highest BCUT2D eigenvalue weighted by Gasteiger charge is 2.41. The summed E-state index contributed by atoms with van der Waals surface area (Å²) in [4.78, 5) is 14.2. The van der Waals surface area contributed by atoms with Crippen molar-refractivity contribution in [3.63, 3.8) is 0 Å². The molecule has 4 rings (SSSR count). The van der Waals surface area contributed by atoms with Gasteiger partial charge >= 0.3 is 6.18 Å². The topological polar surface area (TPSA) is 45.1 Å². The molecule has 1 heterocycles. The van der Waals surface area contributed by atoms with Gasteiger partial charge in [0, 0.05) is 22.6 Å². The van der Waals surface area contributed by atoms with Crippen molar-refractivity contribution < 1.29 is 22.7 Å². The lowest BCUT2D eigenvalue weighted by Gasteiger charge is -2.33. The highest BCUT2D eigenvalue weighted by atomic mass is 79.9. The number of ketones is 1. The first-order chi connectivity index (χ1) is 16.1. The molecule has 3 aromatic rings. The second kappa shape index (κ2) is 9.13. The number of amidine groups is 1. The van der Waals surface area contributed by atoms with Crippen molar-refractivity contribution in [2.24, 2.45) is 5.10 Å². The predicted octanol–water partition coefficient (Wildman–Crippen LogP) is 6.71. The Morgan fingerprint density at radius 1 is 1.03 bits per heavy atom. The van der Waals surface area contributed by atoms with Crippen molar-refractivity contribution in [3.05, 3.63) is 87.9 Å². The number of benzene rings is 3. The van der Waals surface area contributed by atoms with Crippen LogP contribution in [0.15, 0.2) is 76.3 Å². The molecule has 0 fully saturated rings. The molecule has 0 bridgehead atoms. The third-order valence-corrected chi connectivity index (χ3v) is 5.94. The molecule has 1 aliphatic heterocycles. The molecule has 3 aromatic carbocycles. The summed E-state index contributed by atoms with van der Waals surface area (Å²) < 4.78 is 46.9. The van der Waals surface area contributed by atoms with Crippen molar-refractivity contribution in [1.82, 2.24) is 0 Å². The van der Waals surface area contributed by atoms with E-state index in [-0.39, 0.29) is 17.3 Å². The van der Waals surface area contributed by atoms with E-state index in [0.29, 0.717) is 17.0 Å². The van der Waals surface area contributed by atoms with Crippen molar-refractivity contribution in [2.45, 2.75) is 26.2 Å². The van der Waals surface area contributed by atoms with Gasteiger partial charge in [-0.05, 0) is 55.5 Å². The number of carbonyl (C=O) groups is 1. The minimum Gasteiger partial charge on any atom is -0.496 e. The molecule has 0 aromatic heterocycles. The summed E-state index contributed by atoms with van der Waals surface area (Å²) in [5, 5.41) is 6.20. The Morgan fingerprint density at radius 2 is 1.74 bits per heavy atom. The molecular weight excluding hydrogens is 511 g/mol. The van der Waals surface area contributed by atoms with Gasteiger partial charge in [0.25, 0.3) is 0 Å². The first-order valence-electron chi connectivity index (χ1n) is 10.4. The molecule has 0 saturated carbocycles. The molecule has 176 valence electrons. The highest BCUT2D eigenvalue weighted by molar-refractivity contribution is 9.10. The smallest absolute Gasteiger partial charge is 0.416 e. The van der Waals surface area contributed by atoms with Gasteiger partial charge in [0.2, 0.25) is 0 Å². The average molecular weight is 532 g/mol. The summed E-state index contributed by atoms with van der Waals surface area (Å²) in [6, 6.07) is 17.7. The van der Waals surface area contributed by atoms with Crippen LogP contribution >= 0.6 is 15.9 Å². The van der Waals surface area contributed by atoms with Gasteiger partial charge in [0.05, 0.1) is 18.4 Å². The number of rotatable bonds is 5. The summed E-state index contributed by atoms with van der Waals surface area (Å²) in [7, 11) is 1.51. The molecular formula is C25H21BrF3N3O2. The predicted molar refractivity (Wildman–Crippen MR) is 129 cm³/mol. The lowest BCUT2D eigenvalue weighted by Crippen LogP contribution is -2.38. The van der Waals surface area contributed by atoms with E-state index >= 15 is 0 Å². The second-order valence-electron chi connectivity index (χ2n) is 7.84. The molecule has 9 heteroatoms. The third-order valence-electron chi connectivity index (χ3n) is 5.44. The van der Waals surface area contributed by atoms with Gasteiger partial charge in [-0.1, -0.05) is 39.7 Å². The maximum Gasteiger partial charge on any atom is 0.416 e. The van der Waals surface area contributed by atoms with Crippen molar-refractivity contribution >= 4 is 38.9 Å². The standard InChI is InChI=1S/C25H21BrF3N3O2/c1-15-7-10-19(11-8-15)32-24(21-14-18(26)9-12-22(21)34-3)31(23(30-32)16(2)33)20-6-4-5-17(13-20)25(27,28)29/h4-14,24H,1-3H3/t24-/m1/s1. The lowest BCUT2D eigenvalue weighted by atomic mass is 10.1. The van der Waals surface area contributed by atoms with E-state index in [0.717, 1.165) is 22.2 Å². The first-order valence-corrected chi connectivity index (χ1v) is 11.1. The van der Waals surface area contributed by atoms with Crippen LogP contribution in [0.2, 0.25) is 0 Å². The van der Waals surface area contributed by atoms with Crippen LogP contribution in [0.4, 0.5) is 24.5 Å². The number of hydrogen-bond donors (Lipinski definition) is 0. The Morgan fingerprint density at radius 3 is 2.35 bits per heavy atom. The zero-order valence-electron chi connectivity index (χ0n) is 18.6. The highest BCUT2D eigenvalue weighted by Crippen LogP contribution is 2.44. The van der Waals surface area contributed by atoms with Crippen LogP contribution in [0.3, 0.4) is 0 Å². The van der Waals surface area contributed by atoms with Crippen LogP contribution < -0.4 is 14.6 Å². The van der Waals surface area contributed by atoms with Gasteiger partial charge in [-0.2, -0.15) is 13.2 Å². The fourth-order valence-corrected chi connectivity index (χ4v) is 4.22. The van der Waals surface area contributed by atoms with E-state index < -0.39 is 17.9 Å². The number of hydrogen-bond acceptors (Lipinski definition) is 5. The van der Waals surface area contributed by atoms with E-state index in [9.17, 15) is 18.0 Å². The maximum absolute atomic E-state index is 13.5. The first kappa shape index (κ1) is 23.8. The number of anilines is 2. The van der Waals surface area contributed by atoms with Gasteiger partial charge in [-0.3, -0.25) is 9.69 Å². The van der Waals surface area contributed by atoms with E-state index in [4.69, 9.17) is 4.74 Å². The van der Waals surface area contributed by atoms with Crippen LogP contribution in [0.25, 0.3) is 0 Å². The Labute approximate surface area is 203 Å². The number of methoxy groups -OCH3 is 1. The lowest BCUT2D eigenvalue weighted by molar-refractivity contribution is -0.137. The quantitative estimate of drug-likeness (QED) is 0.367. The zero-order chi connectivity index (χ0) is 24.6. The molecule has 0 radical (unpaired) electrons. The minimum atomic E-state index is -4.54. The fraction of sp³-hybridized carbons (Fsp3) is 0.200. The normalized spacial score (nSPS) is 16.0. The van der Waals surface area contributed by atoms with Gasteiger partial charge in [-0.25, -0.2) is 5.01 Å². The number of hydrazone groups is 1. The summed E-state index contributed by atoms with van der Waals surface area (Å²) >= 11 is 3.47. The Hall–Kier alpha value is -3.33. The molecule has 0 amide bonds. The second-order valence-corrected chi connectivity index (χ2v) is 8.75. The van der Waals surface area contributed by atoms with Crippen molar-refractivity contribution in [2.75, 3.05) is 17.0 Å². The molecule has 0 unspecified atom stereocenters. The van der Waals surface area contributed by atoms with Gasteiger partial charge in [-0.15, -0.1) is 5.10 Å². The van der Waals surface area contributed by atoms with Crippen LogP contribution in [-0.2, 0) is 11.0 Å². The van der Waals surface area contributed by atoms with E-state index in [1.807, 2.05) is 37.3 Å². The van der Waals surface area contributed by atoms with Crippen LogP contribution in [0.1, 0.15) is 29.8 Å². The molecule has 1 atom stereocenters. The molecule has 5 nitrogen and oxygen atoms in total.